The highest BCUT2D eigenvalue weighted by atomic mass is 16.3. The van der Waals surface area contributed by atoms with Crippen molar-refractivity contribution < 1.29 is 4.42 Å². The second kappa shape index (κ2) is 13.2. The van der Waals surface area contributed by atoms with E-state index < -0.39 is 0 Å². The number of furan rings is 1. The van der Waals surface area contributed by atoms with Crippen LogP contribution < -0.4 is 4.90 Å². The van der Waals surface area contributed by atoms with Crippen molar-refractivity contribution in [2.24, 2.45) is 0 Å². The van der Waals surface area contributed by atoms with E-state index in [1.807, 2.05) is 0 Å². The highest BCUT2D eigenvalue weighted by Crippen LogP contribution is 2.44. The fraction of sp³-hybridized carbons (Fsp3) is 0. The van der Waals surface area contributed by atoms with Gasteiger partial charge in [0.25, 0.3) is 0 Å². The molecule has 0 aliphatic rings. The summed E-state index contributed by atoms with van der Waals surface area (Å²) in [5.41, 5.74) is 12.1. The van der Waals surface area contributed by atoms with Crippen LogP contribution in [0.4, 0.5) is 17.1 Å². The molecule has 262 valence electrons. The van der Waals surface area contributed by atoms with Crippen molar-refractivity contribution in [3.8, 4) is 33.4 Å². The van der Waals surface area contributed by atoms with Gasteiger partial charge in [-0.1, -0.05) is 158 Å². The number of hydrogen-bond donors (Lipinski definition) is 0. The molecule has 11 aromatic rings. The van der Waals surface area contributed by atoms with E-state index in [0.717, 1.165) is 50.1 Å². The van der Waals surface area contributed by atoms with Crippen LogP contribution in [0, 0.1) is 0 Å². The van der Waals surface area contributed by atoms with Crippen LogP contribution in [0.1, 0.15) is 0 Å². The van der Waals surface area contributed by atoms with Crippen LogP contribution in [0.5, 0.6) is 0 Å². The quantitative estimate of drug-likeness (QED) is 0.160. The van der Waals surface area contributed by atoms with Gasteiger partial charge in [0.15, 0.2) is 0 Å². The van der Waals surface area contributed by atoms with Crippen LogP contribution in [0.3, 0.4) is 0 Å². The molecule has 0 aliphatic carbocycles. The number of hydrogen-bond acceptors (Lipinski definition) is 2. The Bertz CT molecular complexity index is 3230. The molecule has 11 rings (SSSR count). The van der Waals surface area contributed by atoms with Crippen molar-refractivity contribution in [3.05, 3.63) is 212 Å². The molecule has 1 heterocycles. The highest BCUT2D eigenvalue weighted by molar-refractivity contribution is 6.13. The lowest BCUT2D eigenvalue weighted by Gasteiger charge is -2.28. The maximum absolute atomic E-state index is 6.40. The number of nitrogens with zero attached hydrogens (tertiary/aromatic N) is 1. The number of rotatable bonds is 6. The van der Waals surface area contributed by atoms with Gasteiger partial charge in [0.2, 0.25) is 0 Å². The number of anilines is 3. The summed E-state index contributed by atoms with van der Waals surface area (Å²) < 4.78 is 6.40. The minimum atomic E-state index is 0.891. The number of para-hydroxylation sites is 1. The Labute approximate surface area is 325 Å². The van der Waals surface area contributed by atoms with Crippen molar-refractivity contribution in [1.29, 1.82) is 0 Å². The first-order valence-corrected chi connectivity index (χ1v) is 19.2. The van der Waals surface area contributed by atoms with Crippen molar-refractivity contribution in [2.75, 3.05) is 4.90 Å². The lowest BCUT2D eigenvalue weighted by Crippen LogP contribution is -2.11. The zero-order valence-corrected chi connectivity index (χ0v) is 30.6. The summed E-state index contributed by atoms with van der Waals surface area (Å²) in [7, 11) is 0. The van der Waals surface area contributed by atoms with E-state index in [9.17, 15) is 0 Å². The smallest absolute Gasteiger partial charge is 0.136 e. The first kappa shape index (κ1) is 32.0. The first-order chi connectivity index (χ1) is 27.7. The fourth-order valence-electron chi connectivity index (χ4n) is 8.49. The van der Waals surface area contributed by atoms with E-state index in [1.165, 1.54) is 54.6 Å². The van der Waals surface area contributed by atoms with Gasteiger partial charge < -0.3 is 9.32 Å². The Morgan fingerprint density at radius 2 is 0.875 bits per heavy atom. The van der Waals surface area contributed by atoms with Crippen LogP contribution >= 0.6 is 0 Å². The molecule has 0 amide bonds. The van der Waals surface area contributed by atoms with E-state index in [4.69, 9.17) is 4.42 Å². The predicted molar refractivity (Wildman–Crippen MR) is 237 cm³/mol. The molecule has 10 aromatic carbocycles. The van der Waals surface area contributed by atoms with E-state index in [2.05, 4.69) is 217 Å². The molecule has 0 aliphatic heterocycles. The maximum Gasteiger partial charge on any atom is 0.136 e. The summed E-state index contributed by atoms with van der Waals surface area (Å²) in [6.45, 7) is 0. The summed E-state index contributed by atoms with van der Waals surface area (Å²) in [4.78, 5) is 2.38. The minimum Gasteiger partial charge on any atom is -0.456 e. The molecular formula is C54H35NO. The molecule has 2 nitrogen and oxygen atoms in total. The summed E-state index contributed by atoms with van der Waals surface area (Å²) in [5, 5.41) is 9.70. The minimum absolute atomic E-state index is 0.891. The third-order valence-electron chi connectivity index (χ3n) is 11.2. The second-order valence-corrected chi connectivity index (χ2v) is 14.5. The third-order valence-corrected chi connectivity index (χ3v) is 11.2. The van der Waals surface area contributed by atoms with E-state index >= 15 is 0 Å². The molecule has 0 bridgehead atoms. The first-order valence-electron chi connectivity index (χ1n) is 19.2. The standard InChI is InChI=1S/C54H35NO/c1-2-11-36(12-3-1)37-21-27-43(28-22-37)55(44-29-23-39(24-30-44)46-18-10-19-48-45-16-7-6-13-38(45)25-31-49(46)48)52-20-9-8-17-47(52)42-26-32-53-50(34-42)51-33-40-14-4-5-15-41(40)35-54(51)56-53/h1-35H. The molecule has 0 saturated heterocycles. The molecular weight excluding hydrogens is 679 g/mol. The van der Waals surface area contributed by atoms with Crippen LogP contribution in [-0.2, 0) is 0 Å². The monoisotopic (exact) mass is 713 g/mol. The van der Waals surface area contributed by atoms with Gasteiger partial charge in [0, 0.05) is 27.7 Å². The van der Waals surface area contributed by atoms with Crippen LogP contribution in [0.2, 0.25) is 0 Å². The Morgan fingerprint density at radius 1 is 0.286 bits per heavy atom. The normalized spacial score (nSPS) is 11.6. The van der Waals surface area contributed by atoms with Gasteiger partial charge in [-0.25, -0.2) is 0 Å². The van der Waals surface area contributed by atoms with Gasteiger partial charge in [-0.2, -0.15) is 0 Å². The molecule has 0 spiro atoms. The molecule has 0 fully saturated rings. The van der Waals surface area contributed by atoms with Gasteiger partial charge >= 0.3 is 0 Å². The van der Waals surface area contributed by atoms with Crippen LogP contribution in [0.25, 0.3) is 87.6 Å². The predicted octanol–water partition coefficient (Wildman–Crippen LogP) is 15.5. The average Bonchev–Trinajstić information content (AvgIpc) is 3.63. The highest BCUT2D eigenvalue weighted by Gasteiger charge is 2.19. The van der Waals surface area contributed by atoms with E-state index in [1.54, 1.807) is 0 Å². The third kappa shape index (κ3) is 5.42. The Balaban J connectivity index is 1.05. The Morgan fingerprint density at radius 3 is 1.68 bits per heavy atom. The average molecular weight is 714 g/mol. The van der Waals surface area contributed by atoms with Gasteiger partial charge in [-0.05, 0) is 115 Å². The molecule has 0 atom stereocenters. The van der Waals surface area contributed by atoms with Gasteiger partial charge in [0.1, 0.15) is 11.2 Å². The van der Waals surface area contributed by atoms with E-state index in [-0.39, 0.29) is 0 Å². The summed E-state index contributed by atoms with van der Waals surface area (Å²) in [5.74, 6) is 0. The van der Waals surface area contributed by atoms with Gasteiger partial charge in [-0.3, -0.25) is 0 Å². The molecule has 0 unspecified atom stereocenters. The van der Waals surface area contributed by atoms with Crippen molar-refractivity contribution in [3.63, 3.8) is 0 Å². The Kier molecular flexibility index (Phi) is 7.53. The molecule has 0 saturated carbocycles. The molecule has 0 N–H and O–H groups in total. The fourth-order valence-corrected chi connectivity index (χ4v) is 8.49. The van der Waals surface area contributed by atoms with Crippen molar-refractivity contribution >= 4 is 71.3 Å². The molecule has 0 radical (unpaired) electrons. The summed E-state index contributed by atoms with van der Waals surface area (Å²) in [6.07, 6.45) is 0. The Hall–Kier alpha value is -7.42. The second-order valence-electron chi connectivity index (χ2n) is 14.5. The SMILES string of the molecule is c1ccc(-c2ccc(N(c3ccc(-c4cccc5c4ccc4ccccc45)cc3)c3ccccc3-c3ccc4oc5cc6ccccc6cc5c4c3)cc2)cc1. The lowest BCUT2D eigenvalue weighted by molar-refractivity contribution is 0.669. The largest absolute Gasteiger partial charge is 0.456 e. The van der Waals surface area contributed by atoms with Crippen molar-refractivity contribution in [1.82, 2.24) is 0 Å². The van der Waals surface area contributed by atoms with Gasteiger partial charge in [-0.15, -0.1) is 0 Å². The van der Waals surface area contributed by atoms with Gasteiger partial charge in [0.05, 0.1) is 5.69 Å². The molecule has 56 heavy (non-hydrogen) atoms. The summed E-state index contributed by atoms with van der Waals surface area (Å²) in [6, 6.07) is 76.5. The van der Waals surface area contributed by atoms with Crippen LogP contribution in [-0.4, -0.2) is 0 Å². The number of fused-ring (bicyclic) bond motifs is 7. The topological polar surface area (TPSA) is 16.4 Å². The van der Waals surface area contributed by atoms with Crippen LogP contribution in [0.15, 0.2) is 217 Å². The number of benzene rings is 10. The molecule has 1 aromatic heterocycles. The van der Waals surface area contributed by atoms with Crippen molar-refractivity contribution in [2.45, 2.75) is 0 Å². The lowest BCUT2D eigenvalue weighted by atomic mass is 9.94. The zero-order valence-electron chi connectivity index (χ0n) is 30.6. The zero-order chi connectivity index (χ0) is 37.0. The molecule has 2 heteroatoms. The summed E-state index contributed by atoms with van der Waals surface area (Å²) >= 11 is 0. The maximum atomic E-state index is 6.40. The van der Waals surface area contributed by atoms with E-state index in [0.29, 0.717) is 0 Å².